The molecule has 1 atom stereocenters. The van der Waals surface area contributed by atoms with Crippen LogP contribution >= 0.6 is 23.1 Å². The van der Waals surface area contributed by atoms with Crippen LogP contribution < -0.4 is 35.8 Å². The Kier molecular flexibility index (Phi) is 12.3. The number of aromatic nitrogens is 3. The second-order valence-electron chi connectivity index (χ2n) is 20.1. The maximum Gasteiger partial charge on any atom is 0.257 e. The first-order valence-electron chi connectivity index (χ1n) is 24.8. The highest BCUT2D eigenvalue weighted by atomic mass is 79.9. The van der Waals surface area contributed by atoms with Gasteiger partial charge in [0, 0.05) is 99.1 Å². The fourth-order valence-corrected chi connectivity index (χ4v) is 13.5. The van der Waals surface area contributed by atoms with Gasteiger partial charge >= 0.3 is 0 Å². The number of amides is 4. The summed E-state index contributed by atoms with van der Waals surface area (Å²) in [7, 11) is -1.06. The van der Waals surface area contributed by atoms with Crippen molar-refractivity contribution < 1.29 is 28.5 Å². The summed E-state index contributed by atoms with van der Waals surface area (Å²) in [4.78, 5) is 77.8. The number of rotatable bonds is 12. The molecule has 4 saturated heterocycles. The number of methoxy groups -OCH3 is 1. The standard InChI is InChI=1S/C52H59BrN11O6P/c1-5-31-25-38(57-51-55-27-36(53)47(59-51)56-39-28-54-37-11-7-6-9-34(37)46(39)71(3,4)69)43(70-2)26-42(31)61-19-15-33(16-20-61)60-21-23-62(24-22-60)49(67)32-29-63(30-32)40-12-8-10-35-45(40)50(68)64(52(35)17-18-52)41-13-14-44(65)58-48(41)66/h6-12,25-28,32-33,41H,5,13-24,29-30H2,1-4H3,(H,58,65,66)(H2,55,56,57,59). The molecule has 5 fully saturated rings. The minimum absolute atomic E-state index is 0.131. The van der Waals surface area contributed by atoms with Gasteiger partial charge in [0.25, 0.3) is 5.91 Å². The Morgan fingerprint density at radius 3 is 2.35 bits per heavy atom. The van der Waals surface area contributed by atoms with Gasteiger partial charge < -0.3 is 39.5 Å². The molecular formula is C52H59BrN11O6P. The molecule has 3 aromatic carbocycles. The molecular weight excluding hydrogens is 986 g/mol. The monoisotopic (exact) mass is 1040 g/mol. The third-order valence-electron chi connectivity index (χ3n) is 15.5. The van der Waals surface area contributed by atoms with Crippen molar-refractivity contribution in [2.24, 2.45) is 5.92 Å². The lowest BCUT2D eigenvalue weighted by molar-refractivity contribution is -0.139. The number of pyridine rings is 1. The predicted octanol–water partition coefficient (Wildman–Crippen LogP) is 6.59. The van der Waals surface area contributed by atoms with Crippen LogP contribution in [0.2, 0.25) is 0 Å². The van der Waals surface area contributed by atoms with E-state index in [4.69, 9.17) is 9.72 Å². The second kappa shape index (κ2) is 18.5. The van der Waals surface area contributed by atoms with Gasteiger partial charge in [-0.3, -0.25) is 34.4 Å². The molecule has 19 heteroatoms. The van der Waals surface area contributed by atoms with Crippen molar-refractivity contribution in [3.63, 3.8) is 0 Å². The van der Waals surface area contributed by atoms with Crippen LogP contribution in [0, 0.1) is 5.92 Å². The highest BCUT2D eigenvalue weighted by Crippen LogP contribution is 2.59. The average Bonchev–Trinajstić information content (AvgIpc) is 4.11. The number of carbonyl (C=O) groups excluding carboxylic acids is 4. The van der Waals surface area contributed by atoms with E-state index in [0.29, 0.717) is 77.2 Å². The van der Waals surface area contributed by atoms with E-state index in [0.717, 1.165) is 91.8 Å². The van der Waals surface area contributed by atoms with E-state index in [1.54, 1.807) is 37.7 Å². The number of imide groups is 1. The Bertz CT molecular complexity index is 3030. The predicted molar refractivity (Wildman–Crippen MR) is 278 cm³/mol. The van der Waals surface area contributed by atoms with Crippen LogP contribution in [-0.2, 0) is 30.9 Å². The maximum atomic E-state index is 14.1. The Morgan fingerprint density at radius 2 is 1.65 bits per heavy atom. The summed E-state index contributed by atoms with van der Waals surface area (Å²) in [5.41, 5.74) is 6.45. The molecule has 7 heterocycles. The summed E-state index contributed by atoms with van der Waals surface area (Å²) in [6.45, 7) is 11.7. The number of para-hydroxylation sites is 1. The first kappa shape index (κ1) is 47.2. The molecule has 1 unspecified atom stereocenters. The summed E-state index contributed by atoms with van der Waals surface area (Å²) < 4.78 is 20.2. The van der Waals surface area contributed by atoms with E-state index in [2.05, 4.69) is 75.6 Å². The number of nitrogens with zero attached hydrogens (tertiary/aromatic N) is 8. The highest BCUT2D eigenvalue weighted by molar-refractivity contribution is 9.10. The molecule has 1 aliphatic carbocycles. The number of piperidine rings is 2. The molecule has 0 bridgehead atoms. The number of halogens is 1. The largest absolute Gasteiger partial charge is 0.494 e. The molecule has 5 aromatic rings. The lowest BCUT2D eigenvalue weighted by Gasteiger charge is -2.46. The van der Waals surface area contributed by atoms with Gasteiger partial charge in [0.15, 0.2) is 0 Å². The average molecular weight is 1040 g/mol. The number of carbonyl (C=O) groups is 4. The van der Waals surface area contributed by atoms with Crippen LogP contribution in [0.25, 0.3) is 10.9 Å². The quantitative estimate of drug-likeness (QED) is 0.0898. The Balaban J connectivity index is 0.692. The minimum Gasteiger partial charge on any atom is -0.494 e. The van der Waals surface area contributed by atoms with E-state index in [-0.39, 0.29) is 30.1 Å². The molecule has 6 aliphatic rings. The number of hydrogen-bond donors (Lipinski definition) is 3. The van der Waals surface area contributed by atoms with E-state index in [1.165, 1.54) is 5.56 Å². The first-order chi connectivity index (χ1) is 34.2. The molecule has 1 saturated carbocycles. The number of benzene rings is 3. The fraction of sp³-hybridized carbons (Fsp3) is 0.442. The van der Waals surface area contributed by atoms with Crippen molar-refractivity contribution in [3.05, 3.63) is 88.2 Å². The van der Waals surface area contributed by atoms with Gasteiger partial charge in [-0.25, -0.2) is 4.98 Å². The van der Waals surface area contributed by atoms with Crippen LogP contribution in [0.1, 0.15) is 66.9 Å². The summed E-state index contributed by atoms with van der Waals surface area (Å²) in [6.07, 6.45) is 8.39. The van der Waals surface area contributed by atoms with Gasteiger partial charge in [-0.05, 0) is 97.1 Å². The van der Waals surface area contributed by atoms with E-state index in [9.17, 15) is 23.7 Å². The van der Waals surface area contributed by atoms with Crippen LogP contribution in [0.15, 0.2) is 71.5 Å². The molecule has 1 spiro atoms. The van der Waals surface area contributed by atoms with Crippen LogP contribution in [0.5, 0.6) is 5.75 Å². The van der Waals surface area contributed by atoms with Crippen molar-refractivity contribution in [2.75, 3.05) is 93.2 Å². The molecule has 71 heavy (non-hydrogen) atoms. The lowest BCUT2D eigenvalue weighted by atomic mass is 9.93. The summed E-state index contributed by atoms with van der Waals surface area (Å²) in [6, 6.07) is 17.7. The van der Waals surface area contributed by atoms with Crippen molar-refractivity contribution >= 4 is 97.4 Å². The third kappa shape index (κ3) is 8.58. The zero-order chi connectivity index (χ0) is 49.3. The number of fused-ring (bicyclic) bond motifs is 3. The normalized spacial score (nSPS) is 20.6. The molecule has 4 amide bonds. The minimum atomic E-state index is -2.73. The van der Waals surface area contributed by atoms with Crippen molar-refractivity contribution in [1.82, 2.24) is 35.0 Å². The van der Waals surface area contributed by atoms with Gasteiger partial charge in [0.2, 0.25) is 23.7 Å². The smallest absolute Gasteiger partial charge is 0.257 e. The summed E-state index contributed by atoms with van der Waals surface area (Å²) >= 11 is 3.61. The van der Waals surface area contributed by atoms with Crippen LogP contribution in [0.3, 0.4) is 0 Å². The van der Waals surface area contributed by atoms with E-state index in [1.807, 2.05) is 47.4 Å². The summed E-state index contributed by atoms with van der Waals surface area (Å²) in [5.74, 6) is 0.767. The van der Waals surface area contributed by atoms with Gasteiger partial charge in [-0.2, -0.15) is 4.98 Å². The molecule has 3 N–H and O–H groups in total. The number of piperazine rings is 1. The van der Waals surface area contributed by atoms with Crippen LogP contribution in [-0.4, -0.2) is 138 Å². The SMILES string of the molecule is CCc1cc(Nc2ncc(Br)c(Nc3cnc4ccccc4c3P(C)(C)=O)n2)c(OC)cc1N1CCC(N2CCN(C(=O)C3CN(c4cccc5c4C(=O)N(C4CCC(=O)NC4=O)C54CC4)C3)CC2)CC1. The van der Waals surface area contributed by atoms with Gasteiger partial charge in [0.05, 0.1) is 51.7 Å². The number of nitrogens with one attached hydrogen (secondary N) is 3. The third-order valence-corrected chi connectivity index (χ3v) is 17.7. The van der Waals surface area contributed by atoms with Crippen LogP contribution in [0.4, 0.5) is 34.5 Å². The Morgan fingerprint density at radius 1 is 0.887 bits per heavy atom. The molecule has 5 aliphatic heterocycles. The summed E-state index contributed by atoms with van der Waals surface area (Å²) in [5, 5.41) is 10.8. The molecule has 17 nitrogen and oxygen atoms in total. The lowest BCUT2D eigenvalue weighted by Crippen LogP contribution is -2.59. The number of aryl methyl sites for hydroxylation is 1. The van der Waals surface area contributed by atoms with Crippen molar-refractivity contribution in [2.45, 2.75) is 69.5 Å². The van der Waals surface area contributed by atoms with Gasteiger partial charge in [-0.1, -0.05) is 37.3 Å². The Hall–Kier alpha value is -6.10. The second-order valence-corrected chi connectivity index (χ2v) is 24.1. The van der Waals surface area contributed by atoms with Gasteiger partial charge in [0.1, 0.15) is 24.8 Å². The molecule has 11 rings (SSSR count). The molecule has 370 valence electrons. The van der Waals surface area contributed by atoms with E-state index >= 15 is 0 Å². The zero-order valence-corrected chi connectivity index (χ0v) is 43.0. The maximum absolute atomic E-state index is 14.1. The number of anilines is 6. The number of hydrogen-bond acceptors (Lipinski definition) is 14. The topological polar surface area (TPSA) is 186 Å². The van der Waals surface area contributed by atoms with E-state index < -0.39 is 24.6 Å². The first-order valence-corrected chi connectivity index (χ1v) is 28.2. The number of ether oxygens (including phenoxy) is 1. The molecule has 0 radical (unpaired) electrons. The Labute approximate surface area is 421 Å². The van der Waals surface area contributed by atoms with Gasteiger partial charge in [-0.15, -0.1) is 0 Å². The molecule has 2 aromatic heterocycles. The fourth-order valence-electron chi connectivity index (χ4n) is 11.7. The van der Waals surface area contributed by atoms with Crippen molar-refractivity contribution in [3.8, 4) is 5.75 Å². The highest BCUT2D eigenvalue weighted by Gasteiger charge is 2.62. The zero-order valence-electron chi connectivity index (χ0n) is 40.5. The van der Waals surface area contributed by atoms with Crippen molar-refractivity contribution in [1.29, 1.82) is 0 Å².